The highest BCUT2D eigenvalue weighted by Gasteiger charge is 2.07. The number of nitrogens with zero attached hydrogens (tertiary/aromatic N) is 4. The van der Waals surface area contributed by atoms with Gasteiger partial charge in [-0.05, 0) is 31.2 Å². The van der Waals surface area contributed by atoms with Gasteiger partial charge in [-0.1, -0.05) is 54.1 Å². The van der Waals surface area contributed by atoms with Crippen molar-refractivity contribution in [3.63, 3.8) is 0 Å². The average Bonchev–Trinajstić information content (AvgIpc) is 2.79. The van der Waals surface area contributed by atoms with E-state index in [0.29, 0.717) is 17.1 Å². The molecule has 1 N–H and O–H groups in total. The zero-order valence-corrected chi connectivity index (χ0v) is 16.8. The van der Waals surface area contributed by atoms with Gasteiger partial charge in [0.25, 0.3) is 5.69 Å². The van der Waals surface area contributed by atoms with Crippen LogP contribution in [0.4, 0.5) is 11.4 Å². The number of fused-ring (bicyclic) bond motifs is 1. The van der Waals surface area contributed by atoms with E-state index in [1.54, 1.807) is 12.1 Å². The monoisotopic (exact) mass is 409 g/mol. The summed E-state index contributed by atoms with van der Waals surface area (Å²) in [6, 6.07) is 25.7. The number of nitrogens with one attached hydrogen (secondary N) is 1. The van der Waals surface area contributed by atoms with Crippen molar-refractivity contribution in [3.8, 4) is 0 Å². The van der Waals surface area contributed by atoms with E-state index in [1.165, 1.54) is 18.3 Å². The van der Waals surface area contributed by atoms with E-state index in [1.807, 2.05) is 67.6 Å². The van der Waals surface area contributed by atoms with Crippen molar-refractivity contribution < 1.29 is 4.92 Å². The van der Waals surface area contributed by atoms with Crippen LogP contribution < -0.4 is 5.43 Å². The number of benzene rings is 3. The summed E-state index contributed by atoms with van der Waals surface area (Å²) >= 11 is 0. The average molecular weight is 409 g/mol. The Morgan fingerprint density at radius 3 is 2.61 bits per heavy atom. The largest absolute Gasteiger partial charge is 0.270 e. The zero-order valence-electron chi connectivity index (χ0n) is 16.8. The quantitative estimate of drug-likeness (QED) is 0.213. The Kier molecular flexibility index (Phi) is 5.75. The second-order valence-electron chi connectivity index (χ2n) is 6.91. The molecule has 1 heterocycles. The molecule has 0 unspecified atom stereocenters. The number of hydrogen-bond donors (Lipinski definition) is 1. The van der Waals surface area contributed by atoms with Gasteiger partial charge in [0.1, 0.15) is 5.69 Å². The molecule has 7 heteroatoms. The van der Waals surface area contributed by atoms with Crippen molar-refractivity contribution in [2.45, 2.75) is 6.92 Å². The number of rotatable bonds is 5. The van der Waals surface area contributed by atoms with Gasteiger partial charge in [0.15, 0.2) is 5.84 Å². The summed E-state index contributed by atoms with van der Waals surface area (Å²) in [5.74, 6) is 0.469. The molecule has 0 atom stereocenters. The molecule has 0 aliphatic carbocycles. The molecule has 0 saturated heterocycles. The third-order valence-electron chi connectivity index (χ3n) is 4.58. The van der Waals surface area contributed by atoms with Gasteiger partial charge in [0, 0.05) is 23.1 Å². The highest BCUT2D eigenvalue weighted by Crippen LogP contribution is 2.16. The van der Waals surface area contributed by atoms with E-state index in [2.05, 4.69) is 15.5 Å². The molecule has 0 aliphatic rings. The number of aliphatic imine (C=N–C) groups is 1. The number of para-hydroxylation sites is 1. The fraction of sp³-hybridized carbons (Fsp3) is 0.0417. The van der Waals surface area contributed by atoms with E-state index in [9.17, 15) is 10.1 Å². The maximum atomic E-state index is 11.0. The van der Waals surface area contributed by atoms with Crippen LogP contribution in [0.25, 0.3) is 10.9 Å². The molecule has 1 aromatic heterocycles. The summed E-state index contributed by atoms with van der Waals surface area (Å²) < 4.78 is 0. The lowest BCUT2D eigenvalue weighted by Crippen LogP contribution is -2.20. The molecule has 0 amide bonds. The Morgan fingerprint density at radius 2 is 1.81 bits per heavy atom. The first kappa shape index (κ1) is 19.9. The third kappa shape index (κ3) is 4.97. The van der Waals surface area contributed by atoms with Crippen LogP contribution in [0.2, 0.25) is 0 Å². The van der Waals surface area contributed by atoms with Crippen molar-refractivity contribution in [2.24, 2.45) is 10.1 Å². The van der Waals surface area contributed by atoms with Crippen LogP contribution in [0.1, 0.15) is 16.8 Å². The summed E-state index contributed by atoms with van der Waals surface area (Å²) in [4.78, 5) is 19.9. The summed E-state index contributed by atoms with van der Waals surface area (Å²) in [5.41, 5.74) is 6.94. The number of pyridine rings is 1. The Labute approximate surface area is 179 Å². The number of aryl methyl sites for hydroxylation is 1. The minimum absolute atomic E-state index is 0.00805. The van der Waals surface area contributed by atoms with Crippen molar-refractivity contribution in [3.05, 3.63) is 112 Å². The zero-order chi connectivity index (χ0) is 21.6. The van der Waals surface area contributed by atoms with Crippen LogP contribution in [-0.4, -0.2) is 22.0 Å². The SMILES string of the molecule is Cc1ccc(N=C(N/N=C\c2cccc([N+](=O)[O-])c2)c2ccc3ccccc3n2)cc1. The van der Waals surface area contributed by atoms with Gasteiger partial charge in [-0.15, -0.1) is 0 Å². The van der Waals surface area contributed by atoms with Gasteiger partial charge in [-0.3, -0.25) is 15.5 Å². The summed E-state index contributed by atoms with van der Waals surface area (Å²) in [6.45, 7) is 2.01. The fourth-order valence-corrected chi connectivity index (χ4v) is 2.97. The molecule has 0 saturated carbocycles. The minimum atomic E-state index is -0.436. The molecular weight excluding hydrogens is 390 g/mol. The molecule has 0 radical (unpaired) electrons. The lowest BCUT2D eigenvalue weighted by atomic mass is 10.2. The molecule has 7 nitrogen and oxygen atoms in total. The Bertz CT molecular complexity index is 1300. The van der Waals surface area contributed by atoms with E-state index in [0.717, 1.165) is 22.2 Å². The summed E-state index contributed by atoms with van der Waals surface area (Å²) in [5, 5.41) is 16.2. The smallest absolute Gasteiger partial charge is 0.260 e. The normalized spacial score (nSPS) is 11.7. The van der Waals surface area contributed by atoms with E-state index >= 15 is 0 Å². The molecule has 0 spiro atoms. The van der Waals surface area contributed by atoms with Crippen LogP contribution in [0, 0.1) is 17.0 Å². The first-order chi connectivity index (χ1) is 15.1. The molecule has 0 fully saturated rings. The second-order valence-corrected chi connectivity index (χ2v) is 6.91. The number of amidine groups is 1. The van der Waals surface area contributed by atoms with Gasteiger partial charge in [0.2, 0.25) is 0 Å². The lowest BCUT2D eigenvalue weighted by Gasteiger charge is -2.07. The molecule has 4 rings (SSSR count). The number of non-ortho nitro benzene ring substituents is 1. The predicted molar refractivity (Wildman–Crippen MR) is 123 cm³/mol. The first-order valence-electron chi connectivity index (χ1n) is 9.63. The second kappa shape index (κ2) is 8.96. The van der Waals surface area contributed by atoms with Crippen LogP contribution in [0.15, 0.2) is 95.0 Å². The first-order valence-corrected chi connectivity index (χ1v) is 9.63. The lowest BCUT2D eigenvalue weighted by molar-refractivity contribution is -0.384. The molecule has 0 aliphatic heterocycles. The molecule has 4 aromatic rings. The standard InChI is InChI=1S/C24H19N5O2/c1-17-9-12-20(13-10-17)26-24(23-14-11-19-6-2-3-8-22(19)27-23)28-25-16-18-5-4-7-21(15-18)29(30)31/h2-16H,1H3,(H,26,28)/b25-16-. The van der Waals surface area contributed by atoms with Gasteiger partial charge in [0.05, 0.1) is 22.3 Å². The van der Waals surface area contributed by atoms with Gasteiger partial charge in [-0.2, -0.15) is 5.10 Å². The summed E-state index contributed by atoms with van der Waals surface area (Å²) in [7, 11) is 0. The highest BCUT2D eigenvalue weighted by atomic mass is 16.6. The molecule has 3 aromatic carbocycles. The van der Waals surface area contributed by atoms with Crippen molar-refractivity contribution in [2.75, 3.05) is 0 Å². The Hall–Kier alpha value is -4.39. The minimum Gasteiger partial charge on any atom is -0.260 e. The van der Waals surface area contributed by atoms with Gasteiger partial charge in [-0.25, -0.2) is 9.98 Å². The van der Waals surface area contributed by atoms with E-state index in [-0.39, 0.29) is 5.69 Å². The molecule has 152 valence electrons. The van der Waals surface area contributed by atoms with E-state index < -0.39 is 4.92 Å². The van der Waals surface area contributed by atoms with Crippen molar-refractivity contribution in [1.82, 2.24) is 10.4 Å². The van der Waals surface area contributed by atoms with Crippen LogP contribution in [0.3, 0.4) is 0 Å². The van der Waals surface area contributed by atoms with Crippen LogP contribution in [0.5, 0.6) is 0 Å². The number of nitro groups is 1. The fourth-order valence-electron chi connectivity index (χ4n) is 2.97. The number of hydrazone groups is 1. The highest BCUT2D eigenvalue weighted by molar-refractivity contribution is 6.00. The Balaban J connectivity index is 1.67. The van der Waals surface area contributed by atoms with Gasteiger partial charge < -0.3 is 0 Å². The van der Waals surface area contributed by atoms with E-state index in [4.69, 9.17) is 4.98 Å². The van der Waals surface area contributed by atoms with Crippen LogP contribution in [-0.2, 0) is 0 Å². The van der Waals surface area contributed by atoms with Crippen LogP contribution >= 0.6 is 0 Å². The molecular formula is C24H19N5O2. The number of aromatic nitrogens is 1. The van der Waals surface area contributed by atoms with Crippen molar-refractivity contribution in [1.29, 1.82) is 0 Å². The van der Waals surface area contributed by atoms with Crippen molar-refractivity contribution >= 4 is 34.3 Å². The van der Waals surface area contributed by atoms with Gasteiger partial charge >= 0.3 is 0 Å². The Morgan fingerprint density at radius 1 is 1.00 bits per heavy atom. The predicted octanol–water partition coefficient (Wildman–Crippen LogP) is 5.15. The maximum absolute atomic E-state index is 11.0. The topological polar surface area (TPSA) is 92.8 Å². The summed E-state index contributed by atoms with van der Waals surface area (Å²) in [6.07, 6.45) is 1.51. The number of hydrogen-bond acceptors (Lipinski definition) is 5. The number of nitro benzene ring substituents is 1. The third-order valence-corrected chi connectivity index (χ3v) is 4.58. The molecule has 0 bridgehead atoms. The molecule has 31 heavy (non-hydrogen) atoms. The maximum Gasteiger partial charge on any atom is 0.270 e.